The Morgan fingerprint density at radius 1 is 1.13 bits per heavy atom. The number of fused-ring (bicyclic) bond motifs is 1. The summed E-state index contributed by atoms with van der Waals surface area (Å²) in [5.41, 5.74) is 0.219. The number of carbonyl (C=O) groups is 1. The molecule has 0 atom stereocenters. The molecule has 0 aliphatic rings. The van der Waals surface area contributed by atoms with Gasteiger partial charge in [0.05, 0.1) is 23.8 Å². The zero-order chi connectivity index (χ0) is 16.7. The van der Waals surface area contributed by atoms with Gasteiger partial charge < -0.3 is 23.9 Å². The number of esters is 1. The number of hydrogen-bond donors (Lipinski definition) is 1. The van der Waals surface area contributed by atoms with E-state index in [2.05, 4.69) is 9.97 Å². The smallest absolute Gasteiger partial charge is 0.302 e. The molecule has 1 heterocycles. The van der Waals surface area contributed by atoms with Crippen LogP contribution < -0.4 is 15.0 Å². The molecular weight excluding hydrogens is 304 g/mol. The lowest BCUT2D eigenvalue weighted by Gasteiger charge is -2.13. The molecule has 0 saturated carbocycles. The average molecular weight is 322 g/mol. The molecule has 0 spiro atoms. The maximum absolute atomic E-state index is 11.8. The normalized spacial score (nSPS) is 10.5. The number of benzene rings is 1. The predicted octanol–water partition coefficient (Wildman–Crippen LogP) is 0.890. The number of nitrogens with one attached hydrogen (secondary N) is 1. The molecule has 0 fully saturated rings. The molecule has 0 radical (unpaired) electrons. The van der Waals surface area contributed by atoms with Crippen molar-refractivity contribution in [1.29, 1.82) is 0 Å². The van der Waals surface area contributed by atoms with Gasteiger partial charge in [0.25, 0.3) is 5.56 Å². The molecule has 0 unspecified atom stereocenters. The highest BCUT2D eigenvalue weighted by Crippen LogP contribution is 2.30. The van der Waals surface area contributed by atoms with Gasteiger partial charge >= 0.3 is 5.97 Å². The summed E-state index contributed by atoms with van der Waals surface area (Å²) in [5.74, 6) is 0.430. The molecule has 0 bridgehead atoms. The highest BCUT2D eigenvalue weighted by atomic mass is 16.6. The Morgan fingerprint density at radius 2 is 1.83 bits per heavy atom. The van der Waals surface area contributed by atoms with Gasteiger partial charge in [-0.15, -0.1) is 0 Å². The number of ether oxygens (including phenoxy) is 4. The first-order valence-corrected chi connectivity index (χ1v) is 7.01. The highest BCUT2D eigenvalue weighted by molar-refractivity contribution is 5.81. The van der Waals surface area contributed by atoms with Gasteiger partial charge in [-0.2, -0.15) is 0 Å². The second kappa shape index (κ2) is 8.14. The molecule has 0 saturated heterocycles. The monoisotopic (exact) mass is 322 g/mol. The fourth-order valence-corrected chi connectivity index (χ4v) is 1.87. The van der Waals surface area contributed by atoms with Crippen LogP contribution in [0.3, 0.4) is 0 Å². The summed E-state index contributed by atoms with van der Waals surface area (Å²) < 4.78 is 20.9. The Morgan fingerprint density at radius 3 is 2.52 bits per heavy atom. The van der Waals surface area contributed by atoms with Crippen LogP contribution in [0, 0.1) is 0 Å². The third-order valence-corrected chi connectivity index (χ3v) is 2.90. The van der Waals surface area contributed by atoms with E-state index in [-0.39, 0.29) is 24.7 Å². The summed E-state index contributed by atoms with van der Waals surface area (Å²) in [5, 5.41) is 0.383. The van der Waals surface area contributed by atoms with Crippen LogP contribution in [-0.4, -0.2) is 49.5 Å². The maximum atomic E-state index is 11.8. The minimum Gasteiger partial charge on any atom is -0.487 e. The van der Waals surface area contributed by atoms with Crippen LogP contribution in [0.4, 0.5) is 0 Å². The fraction of sp³-hybridized carbons (Fsp3) is 0.400. The van der Waals surface area contributed by atoms with E-state index in [1.165, 1.54) is 13.3 Å². The predicted molar refractivity (Wildman–Crippen MR) is 81.9 cm³/mol. The summed E-state index contributed by atoms with van der Waals surface area (Å²) in [6.07, 6.45) is 1.32. The first-order valence-electron chi connectivity index (χ1n) is 7.01. The van der Waals surface area contributed by atoms with Crippen LogP contribution in [0.5, 0.6) is 11.5 Å². The molecule has 1 N–H and O–H groups in total. The largest absolute Gasteiger partial charge is 0.487 e. The first-order chi connectivity index (χ1) is 11.1. The van der Waals surface area contributed by atoms with Crippen LogP contribution >= 0.6 is 0 Å². The van der Waals surface area contributed by atoms with Crippen LogP contribution in [-0.2, 0) is 14.3 Å². The van der Waals surface area contributed by atoms with E-state index in [0.29, 0.717) is 35.6 Å². The number of rotatable bonds is 8. The molecule has 1 aromatic heterocycles. The van der Waals surface area contributed by atoms with E-state index in [9.17, 15) is 9.59 Å². The van der Waals surface area contributed by atoms with Crippen molar-refractivity contribution in [3.63, 3.8) is 0 Å². The number of hydrogen-bond acceptors (Lipinski definition) is 7. The average Bonchev–Trinajstić information content (AvgIpc) is 2.52. The maximum Gasteiger partial charge on any atom is 0.302 e. The van der Waals surface area contributed by atoms with Gasteiger partial charge in [0, 0.05) is 20.1 Å². The topological polar surface area (TPSA) is 99.7 Å². The lowest BCUT2D eigenvalue weighted by atomic mass is 10.2. The number of aromatic nitrogens is 2. The second-order valence-corrected chi connectivity index (χ2v) is 4.58. The van der Waals surface area contributed by atoms with Gasteiger partial charge in [0.1, 0.15) is 19.8 Å². The van der Waals surface area contributed by atoms with Crippen LogP contribution in [0.25, 0.3) is 10.9 Å². The summed E-state index contributed by atoms with van der Waals surface area (Å²) in [4.78, 5) is 29.2. The first kappa shape index (κ1) is 16.8. The van der Waals surface area contributed by atoms with Crippen molar-refractivity contribution in [2.24, 2.45) is 0 Å². The standard InChI is InChI=1S/C15H18N2O6/c1-10(18)21-5-6-23-13-7-11-12(16-9-17-15(11)19)8-14(13)22-4-3-20-2/h7-9H,3-6H2,1-2H3,(H,16,17,19). The number of aromatic amines is 1. The fourth-order valence-electron chi connectivity index (χ4n) is 1.87. The number of carbonyl (C=O) groups excluding carboxylic acids is 1. The van der Waals surface area contributed by atoms with Crippen molar-refractivity contribution < 1.29 is 23.7 Å². The van der Waals surface area contributed by atoms with E-state index in [1.807, 2.05) is 0 Å². The highest BCUT2D eigenvalue weighted by Gasteiger charge is 2.11. The molecule has 8 nitrogen and oxygen atoms in total. The minimum atomic E-state index is -0.385. The molecule has 2 aromatic rings. The molecule has 23 heavy (non-hydrogen) atoms. The van der Waals surface area contributed by atoms with Crippen molar-refractivity contribution in [3.05, 3.63) is 28.8 Å². The van der Waals surface area contributed by atoms with Crippen LogP contribution in [0.1, 0.15) is 6.92 Å². The van der Waals surface area contributed by atoms with Gasteiger partial charge in [-0.25, -0.2) is 4.98 Å². The third kappa shape index (κ3) is 4.68. The molecule has 0 aliphatic carbocycles. The lowest BCUT2D eigenvalue weighted by Crippen LogP contribution is -2.12. The van der Waals surface area contributed by atoms with Crippen molar-refractivity contribution in [2.75, 3.05) is 33.5 Å². The molecule has 8 heteroatoms. The van der Waals surface area contributed by atoms with Crippen LogP contribution in [0.15, 0.2) is 23.3 Å². The van der Waals surface area contributed by atoms with Gasteiger partial charge in [-0.3, -0.25) is 9.59 Å². The summed E-state index contributed by atoms with van der Waals surface area (Å²) in [6, 6.07) is 3.18. The zero-order valence-electron chi connectivity index (χ0n) is 13.0. The van der Waals surface area contributed by atoms with E-state index in [1.54, 1.807) is 19.2 Å². The molecule has 124 valence electrons. The Hall–Kier alpha value is -2.61. The van der Waals surface area contributed by atoms with Gasteiger partial charge in [-0.1, -0.05) is 0 Å². The van der Waals surface area contributed by atoms with E-state index in [4.69, 9.17) is 18.9 Å². The van der Waals surface area contributed by atoms with E-state index in [0.717, 1.165) is 0 Å². The molecule has 0 amide bonds. The lowest BCUT2D eigenvalue weighted by molar-refractivity contribution is -0.141. The quantitative estimate of drug-likeness (QED) is 0.569. The number of nitrogens with zero attached hydrogens (tertiary/aromatic N) is 1. The second-order valence-electron chi connectivity index (χ2n) is 4.58. The Labute approximate surface area is 132 Å². The molecule has 2 rings (SSSR count). The number of methoxy groups -OCH3 is 1. The summed E-state index contributed by atoms with van der Waals surface area (Å²) >= 11 is 0. The molecular formula is C15H18N2O6. The third-order valence-electron chi connectivity index (χ3n) is 2.90. The SMILES string of the molecule is COCCOc1cc2nc[nH]c(=O)c2cc1OCCOC(C)=O. The van der Waals surface area contributed by atoms with Crippen LogP contribution in [0.2, 0.25) is 0 Å². The van der Waals surface area contributed by atoms with Crippen molar-refractivity contribution in [3.8, 4) is 11.5 Å². The zero-order valence-corrected chi connectivity index (χ0v) is 13.0. The van der Waals surface area contributed by atoms with E-state index >= 15 is 0 Å². The Bertz CT molecular complexity index is 727. The van der Waals surface area contributed by atoms with Gasteiger partial charge in [-0.05, 0) is 6.07 Å². The Kier molecular flexibility index (Phi) is 5.93. The van der Waals surface area contributed by atoms with Crippen molar-refractivity contribution in [1.82, 2.24) is 9.97 Å². The molecule has 0 aliphatic heterocycles. The molecule has 1 aromatic carbocycles. The Balaban J connectivity index is 2.22. The van der Waals surface area contributed by atoms with Crippen molar-refractivity contribution >= 4 is 16.9 Å². The minimum absolute atomic E-state index is 0.105. The summed E-state index contributed by atoms with van der Waals surface area (Å²) in [6.45, 7) is 2.30. The van der Waals surface area contributed by atoms with Gasteiger partial charge in [0.15, 0.2) is 11.5 Å². The van der Waals surface area contributed by atoms with E-state index < -0.39 is 0 Å². The van der Waals surface area contributed by atoms with Gasteiger partial charge in [0.2, 0.25) is 0 Å². The van der Waals surface area contributed by atoms with Crippen molar-refractivity contribution in [2.45, 2.75) is 6.92 Å². The summed E-state index contributed by atoms with van der Waals surface area (Å²) in [7, 11) is 1.57. The number of H-pyrrole nitrogens is 1.